The van der Waals surface area contributed by atoms with Gasteiger partial charge < -0.3 is 14.7 Å². The minimum Gasteiger partial charge on any atom is -0.508 e. The number of phenols is 1. The molecule has 0 bridgehead atoms. The van der Waals surface area contributed by atoms with Crippen LogP contribution in [-0.4, -0.2) is 45.7 Å². The van der Waals surface area contributed by atoms with Crippen molar-refractivity contribution in [1.29, 1.82) is 0 Å². The van der Waals surface area contributed by atoms with Crippen molar-refractivity contribution in [3.8, 4) is 11.6 Å². The van der Waals surface area contributed by atoms with Gasteiger partial charge in [-0.1, -0.05) is 12.1 Å². The maximum Gasteiger partial charge on any atom is 0.232 e. The van der Waals surface area contributed by atoms with Gasteiger partial charge in [-0.05, 0) is 48.8 Å². The number of aromatic nitrogens is 2. The summed E-state index contributed by atoms with van der Waals surface area (Å²) in [5.74, 6) is 2.47. The van der Waals surface area contributed by atoms with Crippen LogP contribution in [-0.2, 0) is 6.42 Å². The SMILES string of the molecule is Oc1ccc(CCN2C[C@H]3C[C@H](Oc4cnccn4)C[C@H]3C2)cc1. The second-order valence-electron chi connectivity index (χ2n) is 6.95. The minimum atomic E-state index is 0.288. The molecule has 1 aromatic carbocycles. The second-order valence-corrected chi connectivity index (χ2v) is 6.95. The summed E-state index contributed by atoms with van der Waals surface area (Å²) in [5.41, 5.74) is 1.29. The average molecular weight is 325 g/mol. The molecule has 3 atom stereocenters. The Bertz CT molecular complexity index is 648. The zero-order valence-corrected chi connectivity index (χ0v) is 13.7. The average Bonchev–Trinajstić information content (AvgIpc) is 3.13. The molecule has 1 N–H and O–H groups in total. The lowest BCUT2D eigenvalue weighted by Gasteiger charge is -2.19. The van der Waals surface area contributed by atoms with Crippen molar-refractivity contribution < 1.29 is 9.84 Å². The van der Waals surface area contributed by atoms with Crippen molar-refractivity contribution in [3.63, 3.8) is 0 Å². The van der Waals surface area contributed by atoms with E-state index in [1.165, 1.54) is 18.7 Å². The molecule has 1 saturated heterocycles. The normalized spacial score (nSPS) is 26.4. The number of ether oxygens (including phenoxy) is 1. The van der Waals surface area contributed by atoms with Gasteiger partial charge in [0, 0.05) is 32.0 Å². The first-order valence-corrected chi connectivity index (χ1v) is 8.69. The zero-order chi connectivity index (χ0) is 16.4. The van der Waals surface area contributed by atoms with Crippen LogP contribution in [0, 0.1) is 11.8 Å². The van der Waals surface area contributed by atoms with Crippen LogP contribution in [0.1, 0.15) is 18.4 Å². The number of hydrogen-bond donors (Lipinski definition) is 1. The van der Waals surface area contributed by atoms with Gasteiger partial charge in [0.25, 0.3) is 0 Å². The summed E-state index contributed by atoms with van der Waals surface area (Å²) in [7, 11) is 0. The highest BCUT2D eigenvalue weighted by atomic mass is 16.5. The fraction of sp³-hybridized carbons (Fsp3) is 0.474. The van der Waals surface area contributed by atoms with Gasteiger partial charge in [-0.25, -0.2) is 4.98 Å². The van der Waals surface area contributed by atoms with Gasteiger partial charge in [-0.2, -0.15) is 0 Å². The predicted molar refractivity (Wildman–Crippen MR) is 90.9 cm³/mol. The summed E-state index contributed by atoms with van der Waals surface area (Å²) in [6, 6.07) is 7.55. The van der Waals surface area contributed by atoms with Crippen molar-refractivity contribution in [2.24, 2.45) is 11.8 Å². The first-order chi connectivity index (χ1) is 11.8. The van der Waals surface area contributed by atoms with Crippen LogP contribution in [0.3, 0.4) is 0 Å². The van der Waals surface area contributed by atoms with Crippen molar-refractivity contribution in [3.05, 3.63) is 48.4 Å². The zero-order valence-electron chi connectivity index (χ0n) is 13.7. The van der Waals surface area contributed by atoms with Crippen molar-refractivity contribution in [2.75, 3.05) is 19.6 Å². The third-order valence-electron chi connectivity index (χ3n) is 5.26. The van der Waals surface area contributed by atoms with Gasteiger partial charge in [0.1, 0.15) is 11.9 Å². The molecule has 1 aromatic heterocycles. The Hall–Kier alpha value is -2.14. The van der Waals surface area contributed by atoms with Gasteiger partial charge in [0.15, 0.2) is 0 Å². The van der Waals surface area contributed by atoms with Crippen molar-refractivity contribution >= 4 is 0 Å². The molecule has 2 heterocycles. The third kappa shape index (κ3) is 3.51. The summed E-state index contributed by atoms with van der Waals surface area (Å²) < 4.78 is 5.97. The van der Waals surface area contributed by atoms with Crippen molar-refractivity contribution in [1.82, 2.24) is 14.9 Å². The summed E-state index contributed by atoms with van der Waals surface area (Å²) in [5, 5.41) is 9.35. The molecule has 24 heavy (non-hydrogen) atoms. The van der Waals surface area contributed by atoms with E-state index in [9.17, 15) is 5.11 Å². The smallest absolute Gasteiger partial charge is 0.232 e. The van der Waals surface area contributed by atoms with Crippen LogP contribution in [0.25, 0.3) is 0 Å². The quantitative estimate of drug-likeness (QED) is 0.915. The molecule has 2 fully saturated rings. The molecule has 0 spiro atoms. The van der Waals surface area contributed by atoms with E-state index in [1.807, 2.05) is 12.1 Å². The third-order valence-corrected chi connectivity index (χ3v) is 5.26. The standard InChI is InChI=1S/C19H23N3O2/c23-17-3-1-14(2-4-17)5-8-22-12-15-9-18(10-16(15)13-22)24-19-11-20-6-7-21-19/h1-4,6-7,11,15-16,18,23H,5,8-10,12-13H2/t15-,16+,18+. The lowest BCUT2D eigenvalue weighted by atomic mass is 10.0. The highest BCUT2D eigenvalue weighted by molar-refractivity contribution is 5.26. The first kappa shape index (κ1) is 15.4. The van der Waals surface area contributed by atoms with Crippen LogP contribution in [0.2, 0.25) is 0 Å². The number of aromatic hydroxyl groups is 1. The molecule has 2 aliphatic rings. The molecule has 4 rings (SSSR count). The molecule has 126 valence electrons. The van der Waals surface area contributed by atoms with Gasteiger partial charge in [-0.3, -0.25) is 4.98 Å². The number of fused-ring (bicyclic) bond motifs is 1. The van der Waals surface area contributed by atoms with E-state index in [2.05, 4.69) is 14.9 Å². The molecule has 5 heteroatoms. The largest absolute Gasteiger partial charge is 0.508 e. The van der Waals surface area contributed by atoms with Crippen molar-refractivity contribution in [2.45, 2.75) is 25.4 Å². The Morgan fingerprint density at radius 3 is 2.50 bits per heavy atom. The fourth-order valence-corrected chi connectivity index (χ4v) is 4.09. The molecule has 1 aliphatic carbocycles. The van der Waals surface area contributed by atoms with E-state index in [0.29, 0.717) is 11.6 Å². The molecular weight excluding hydrogens is 302 g/mol. The lowest BCUT2D eigenvalue weighted by molar-refractivity contribution is 0.178. The van der Waals surface area contributed by atoms with Crippen LogP contribution in [0.4, 0.5) is 0 Å². The highest BCUT2D eigenvalue weighted by Gasteiger charge is 2.41. The summed E-state index contributed by atoms with van der Waals surface area (Å²) >= 11 is 0. The predicted octanol–water partition coefficient (Wildman–Crippen LogP) is 2.51. The molecular formula is C19H23N3O2. The van der Waals surface area contributed by atoms with Gasteiger partial charge in [-0.15, -0.1) is 0 Å². The Morgan fingerprint density at radius 1 is 1.08 bits per heavy atom. The van der Waals surface area contributed by atoms with E-state index in [-0.39, 0.29) is 6.10 Å². The summed E-state index contributed by atoms with van der Waals surface area (Å²) in [4.78, 5) is 10.8. The Labute approximate surface area is 142 Å². The first-order valence-electron chi connectivity index (χ1n) is 8.69. The van der Waals surface area contributed by atoms with Crippen LogP contribution in [0.15, 0.2) is 42.9 Å². The number of rotatable bonds is 5. The lowest BCUT2D eigenvalue weighted by Crippen LogP contribution is -2.26. The second kappa shape index (κ2) is 6.77. The van der Waals surface area contributed by atoms with E-state index in [0.717, 1.165) is 37.6 Å². The summed E-state index contributed by atoms with van der Waals surface area (Å²) in [6.45, 7) is 3.43. The van der Waals surface area contributed by atoms with E-state index in [1.54, 1.807) is 30.7 Å². The topological polar surface area (TPSA) is 58.5 Å². The molecule has 1 aliphatic heterocycles. The fourth-order valence-electron chi connectivity index (χ4n) is 4.09. The molecule has 0 unspecified atom stereocenters. The van der Waals surface area contributed by atoms with E-state index >= 15 is 0 Å². The minimum absolute atomic E-state index is 0.288. The number of phenolic OH excluding ortho intramolecular Hbond substituents is 1. The molecule has 1 saturated carbocycles. The van der Waals surface area contributed by atoms with Crippen LogP contribution in [0.5, 0.6) is 11.6 Å². The number of likely N-dealkylation sites (tertiary alicyclic amines) is 1. The van der Waals surface area contributed by atoms with E-state index in [4.69, 9.17) is 4.74 Å². The van der Waals surface area contributed by atoms with Gasteiger partial charge in [0.05, 0.1) is 6.20 Å². The molecule has 0 radical (unpaired) electrons. The number of benzene rings is 1. The molecule has 5 nitrogen and oxygen atoms in total. The van der Waals surface area contributed by atoms with Crippen LogP contribution < -0.4 is 4.74 Å². The monoisotopic (exact) mass is 325 g/mol. The van der Waals surface area contributed by atoms with Crippen LogP contribution >= 0.6 is 0 Å². The highest BCUT2D eigenvalue weighted by Crippen LogP contribution is 2.39. The van der Waals surface area contributed by atoms with E-state index < -0.39 is 0 Å². The Kier molecular flexibility index (Phi) is 4.34. The van der Waals surface area contributed by atoms with Gasteiger partial charge in [0.2, 0.25) is 5.88 Å². The number of hydrogen-bond acceptors (Lipinski definition) is 5. The van der Waals surface area contributed by atoms with Gasteiger partial charge >= 0.3 is 0 Å². The Morgan fingerprint density at radius 2 is 1.83 bits per heavy atom. The number of nitrogens with zero attached hydrogens (tertiary/aromatic N) is 3. The molecule has 2 aromatic rings. The maximum atomic E-state index is 9.35. The molecule has 0 amide bonds. The summed E-state index contributed by atoms with van der Waals surface area (Å²) in [6.07, 6.45) is 8.61. The maximum absolute atomic E-state index is 9.35. The Balaban J connectivity index is 1.25.